The summed E-state index contributed by atoms with van der Waals surface area (Å²) in [4.78, 5) is 20.8. The number of carbonyl (C=O) groups excluding carboxylic acids is 1. The summed E-state index contributed by atoms with van der Waals surface area (Å²) in [7, 11) is 0. The van der Waals surface area contributed by atoms with Gasteiger partial charge in [-0.25, -0.2) is 4.79 Å². The molecular weight excluding hydrogens is 345 g/mol. The molecule has 24 heavy (non-hydrogen) atoms. The molecule has 1 aromatic rings. The van der Waals surface area contributed by atoms with Gasteiger partial charge in [0.15, 0.2) is 0 Å². The average molecular weight is 364 g/mol. The number of halogens is 3. The third-order valence-corrected chi connectivity index (χ3v) is 4.23. The third-order valence-electron chi connectivity index (χ3n) is 3.01. The van der Waals surface area contributed by atoms with Crippen molar-refractivity contribution in [2.75, 3.05) is 18.8 Å². The molecule has 1 aliphatic heterocycles. The lowest BCUT2D eigenvalue weighted by molar-refractivity contribution is -0.192. The van der Waals surface area contributed by atoms with E-state index in [9.17, 15) is 18.0 Å². The standard InChI is InChI=1S/C13H18N2OS.C2HF3O2/c1-10-3-2-4-11(7-10)8-15-13(16)12-9-14-5-6-17-12;3-2(4,5)1(6)7/h2-4,7,12,14H,5-6,8-9H2,1H3,(H,15,16);(H,6,7). The van der Waals surface area contributed by atoms with E-state index < -0.39 is 12.1 Å². The van der Waals surface area contributed by atoms with Crippen molar-refractivity contribution in [3.63, 3.8) is 0 Å². The highest BCUT2D eigenvalue weighted by molar-refractivity contribution is 8.00. The predicted molar refractivity (Wildman–Crippen MR) is 85.8 cm³/mol. The molecule has 3 N–H and O–H groups in total. The third kappa shape index (κ3) is 7.69. The first-order chi connectivity index (χ1) is 11.2. The van der Waals surface area contributed by atoms with E-state index in [0.717, 1.165) is 24.4 Å². The van der Waals surface area contributed by atoms with Gasteiger partial charge >= 0.3 is 12.1 Å². The molecule has 1 saturated heterocycles. The zero-order chi connectivity index (χ0) is 18.2. The molecule has 0 saturated carbocycles. The van der Waals surface area contributed by atoms with Gasteiger partial charge in [0.2, 0.25) is 5.91 Å². The van der Waals surface area contributed by atoms with Crippen LogP contribution < -0.4 is 10.6 Å². The van der Waals surface area contributed by atoms with Gasteiger partial charge < -0.3 is 15.7 Å². The van der Waals surface area contributed by atoms with Crippen LogP contribution in [0, 0.1) is 6.92 Å². The van der Waals surface area contributed by atoms with E-state index in [1.807, 2.05) is 12.1 Å². The molecule has 9 heteroatoms. The molecule has 0 aliphatic carbocycles. The highest BCUT2D eigenvalue weighted by Crippen LogP contribution is 2.14. The number of carboxylic acid groups (broad SMARTS) is 1. The maximum atomic E-state index is 11.9. The van der Waals surface area contributed by atoms with E-state index in [-0.39, 0.29) is 11.2 Å². The number of aryl methyl sites for hydroxylation is 1. The van der Waals surface area contributed by atoms with Crippen LogP contribution in [0.1, 0.15) is 11.1 Å². The molecule has 1 aromatic carbocycles. The summed E-state index contributed by atoms with van der Waals surface area (Å²) in [6.45, 7) is 4.47. The lowest BCUT2D eigenvalue weighted by atomic mass is 10.1. The van der Waals surface area contributed by atoms with Crippen molar-refractivity contribution in [2.24, 2.45) is 0 Å². The second kappa shape index (κ2) is 9.53. The van der Waals surface area contributed by atoms with E-state index >= 15 is 0 Å². The molecule has 5 nitrogen and oxygen atoms in total. The number of carbonyl (C=O) groups is 2. The number of thioether (sulfide) groups is 1. The smallest absolute Gasteiger partial charge is 0.475 e. The lowest BCUT2D eigenvalue weighted by Crippen LogP contribution is -2.43. The van der Waals surface area contributed by atoms with E-state index in [1.54, 1.807) is 11.8 Å². The minimum absolute atomic E-state index is 0.0635. The van der Waals surface area contributed by atoms with Crippen LogP contribution in [0.2, 0.25) is 0 Å². The molecule has 1 amide bonds. The maximum Gasteiger partial charge on any atom is 0.490 e. The van der Waals surface area contributed by atoms with Crippen LogP contribution >= 0.6 is 11.8 Å². The van der Waals surface area contributed by atoms with Crippen molar-refractivity contribution in [1.29, 1.82) is 0 Å². The molecule has 1 unspecified atom stereocenters. The van der Waals surface area contributed by atoms with Gasteiger partial charge in [-0.1, -0.05) is 29.8 Å². The number of benzene rings is 1. The molecule has 0 radical (unpaired) electrons. The first-order valence-electron chi connectivity index (χ1n) is 7.16. The number of carboxylic acids is 1. The van der Waals surface area contributed by atoms with Crippen molar-refractivity contribution in [1.82, 2.24) is 10.6 Å². The van der Waals surface area contributed by atoms with Crippen molar-refractivity contribution >= 4 is 23.6 Å². The van der Waals surface area contributed by atoms with Gasteiger partial charge in [0.25, 0.3) is 0 Å². The number of alkyl halides is 3. The van der Waals surface area contributed by atoms with E-state index in [2.05, 4.69) is 29.7 Å². The summed E-state index contributed by atoms with van der Waals surface area (Å²) in [6.07, 6.45) is -5.08. The van der Waals surface area contributed by atoms with Gasteiger partial charge in [0, 0.05) is 25.4 Å². The van der Waals surface area contributed by atoms with Crippen molar-refractivity contribution in [3.8, 4) is 0 Å². The van der Waals surface area contributed by atoms with Gasteiger partial charge in [-0.15, -0.1) is 11.8 Å². The fourth-order valence-electron chi connectivity index (χ4n) is 1.86. The van der Waals surface area contributed by atoms with Gasteiger partial charge in [-0.2, -0.15) is 13.2 Å². The quantitative estimate of drug-likeness (QED) is 0.764. The summed E-state index contributed by atoms with van der Waals surface area (Å²) in [5.41, 5.74) is 2.39. The highest BCUT2D eigenvalue weighted by atomic mass is 32.2. The summed E-state index contributed by atoms with van der Waals surface area (Å²) < 4.78 is 31.7. The summed E-state index contributed by atoms with van der Waals surface area (Å²) in [5, 5.41) is 13.4. The van der Waals surface area contributed by atoms with Crippen LogP contribution in [0.15, 0.2) is 24.3 Å². The molecule has 0 aromatic heterocycles. The largest absolute Gasteiger partial charge is 0.490 e. The van der Waals surface area contributed by atoms with E-state index in [0.29, 0.717) is 6.54 Å². The average Bonchev–Trinajstić information content (AvgIpc) is 2.53. The van der Waals surface area contributed by atoms with Crippen LogP contribution in [-0.4, -0.2) is 47.3 Å². The maximum absolute atomic E-state index is 11.9. The van der Waals surface area contributed by atoms with E-state index in [4.69, 9.17) is 9.90 Å². The van der Waals surface area contributed by atoms with Gasteiger partial charge in [0.05, 0.1) is 5.25 Å². The predicted octanol–water partition coefficient (Wildman–Crippen LogP) is 1.95. The fraction of sp³-hybridized carbons (Fsp3) is 0.467. The Bertz CT molecular complexity index is 561. The molecule has 2 rings (SSSR count). The number of hydrogen-bond donors (Lipinski definition) is 3. The highest BCUT2D eigenvalue weighted by Gasteiger charge is 2.38. The molecule has 0 spiro atoms. The Morgan fingerprint density at radius 1 is 1.42 bits per heavy atom. The summed E-state index contributed by atoms with van der Waals surface area (Å²) in [5.74, 6) is -1.60. The second-order valence-corrected chi connectivity index (χ2v) is 6.38. The van der Waals surface area contributed by atoms with Crippen molar-refractivity contribution in [3.05, 3.63) is 35.4 Å². The van der Waals surface area contributed by atoms with Crippen LogP contribution in [0.4, 0.5) is 13.2 Å². The number of nitrogens with one attached hydrogen (secondary N) is 2. The zero-order valence-electron chi connectivity index (χ0n) is 13.0. The Balaban J connectivity index is 0.000000351. The Kier molecular flexibility index (Phi) is 8.06. The fourth-order valence-corrected chi connectivity index (χ4v) is 2.88. The van der Waals surface area contributed by atoms with Gasteiger partial charge in [0.1, 0.15) is 0 Å². The summed E-state index contributed by atoms with van der Waals surface area (Å²) in [6, 6.07) is 8.23. The minimum atomic E-state index is -5.08. The minimum Gasteiger partial charge on any atom is -0.475 e. The molecule has 1 atom stereocenters. The van der Waals surface area contributed by atoms with Crippen LogP contribution in [-0.2, 0) is 16.1 Å². The number of rotatable bonds is 3. The Labute approximate surface area is 142 Å². The first kappa shape index (κ1) is 20.3. The number of aliphatic carboxylic acids is 1. The Hall–Kier alpha value is -1.74. The van der Waals surface area contributed by atoms with Gasteiger partial charge in [-0.3, -0.25) is 4.79 Å². The Morgan fingerprint density at radius 3 is 2.58 bits per heavy atom. The van der Waals surface area contributed by atoms with Crippen LogP contribution in [0.5, 0.6) is 0 Å². The molecule has 134 valence electrons. The van der Waals surface area contributed by atoms with Crippen molar-refractivity contribution < 1.29 is 27.9 Å². The normalized spacial score (nSPS) is 17.4. The number of amides is 1. The second-order valence-electron chi connectivity index (χ2n) is 5.07. The molecule has 1 fully saturated rings. The first-order valence-corrected chi connectivity index (χ1v) is 8.20. The topological polar surface area (TPSA) is 78.4 Å². The molecule has 0 bridgehead atoms. The van der Waals surface area contributed by atoms with Crippen molar-refractivity contribution in [2.45, 2.75) is 24.9 Å². The molecular formula is C15H19F3N2O3S. The monoisotopic (exact) mass is 364 g/mol. The SMILES string of the molecule is Cc1cccc(CNC(=O)C2CNCCS2)c1.O=C(O)C(F)(F)F. The summed E-state index contributed by atoms with van der Waals surface area (Å²) >= 11 is 1.74. The van der Waals surface area contributed by atoms with Gasteiger partial charge in [-0.05, 0) is 12.5 Å². The van der Waals surface area contributed by atoms with Crippen LogP contribution in [0.3, 0.4) is 0 Å². The van der Waals surface area contributed by atoms with Crippen LogP contribution in [0.25, 0.3) is 0 Å². The molecule has 1 heterocycles. The zero-order valence-corrected chi connectivity index (χ0v) is 13.8. The van der Waals surface area contributed by atoms with E-state index in [1.165, 1.54) is 5.56 Å². The molecule has 1 aliphatic rings. The number of hydrogen-bond acceptors (Lipinski definition) is 4. The lowest BCUT2D eigenvalue weighted by Gasteiger charge is -2.21. The Morgan fingerprint density at radius 2 is 2.08 bits per heavy atom.